The van der Waals surface area contributed by atoms with Gasteiger partial charge in [0.2, 0.25) is 0 Å². The molecular formula is C18H20BrNO. The Morgan fingerprint density at radius 3 is 2.95 bits per heavy atom. The number of aliphatic hydroxyl groups is 1. The molecule has 1 aliphatic rings. The highest BCUT2D eigenvalue weighted by Crippen LogP contribution is 2.34. The van der Waals surface area contributed by atoms with Crippen LogP contribution in [0, 0.1) is 0 Å². The molecular weight excluding hydrogens is 326 g/mol. The van der Waals surface area contributed by atoms with E-state index in [1.807, 2.05) is 12.1 Å². The summed E-state index contributed by atoms with van der Waals surface area (Å²) in [6.07, 6.45) is 2.28. The first kappa shape index (κ1) is 14.8. The molecule has 21 heavy (non-hydrogen) atoms. The molecule has 0 saturated heterocycles. The number of hydrogen-bond acceptors (Lipinski definition) is 2. The lowest BCUT2D eigenvalue weighted by molar-refractivity contribution is 0.281. The van der Waals surface area contributed by atoms with Crippen molar-refractivity contribution in [2.24, 2.45) is 0 Å². The van der Waals surface area contributed by atoms with Crippen molar-refractivity contribution in [1.29, 1.82) is 0 Å². The van der Waals surface area contributed by atoms with Crippen molar-refractivity contribution >= 4 is 15.9 Å². The molecule has 2 N–H and O–H groups in total. The van der Waals surface area contributed by atoms with Crippen molar-refractivity contribution in [3.05, 3.63) is 69.2 Å². The standard InChI is InChI=1S/C18H20BrNO/c1-12(14-4-2-3-13(9-14)11-21)20-18-8-5-15-10-16(19)6-7-17(15)18/h2-4,6-7,9-10,12,18,20-21H,5,8,11H2,1H3. The zero-order chi connectivity index (χ0) is 14.8. The molecule has 2 aromatic rings. The van der Waals surface area contributed by atoms with Gasteiger partial charge in [0.15, 0.2) is 0 Å². The summed E-state index contributed by atoms with van der Waals surface area (Å²) in [5.41, 5.74) is 5.06. The molecule has 3 rings (SSSR count). The van der Waals surface area contributed by atoms with Crippen LogP contribution in [0.15, 0.2) is 46.9 Å². The third-order valence-corrected chi connectivity index (χ3v) is 4.76. The first-order chi connectivity index (χ1) is 10.2. The molecule has 2 atom stereocenters. The summed E-state index contributed by atoms with van der Waals surface area (Å²) in [5.74, 6) is 0. The van der Waals surface area contributed by atoms with Crippen LogP contribution in [0.1, 0.15) is 47.7 Å². The van der Waals surface area contributed by atoms with Crippen LogP contribution in [0.4, 0.5) is 0 Å². The summed E-state index contributed by atoms with van der Waals surface area (Å²) < 4.78 is 1.16. The third kappa shape index (κ3) is 3.20. The Bertz CT molecular complexity index is 641. The van der Waals surface area contributed by atoms with Crippen molar-refractivity contribution in [3.8, 4) is 0 Å². The Balaban J connectivity index is 1.76. The Morgan fingerprint density at radius 1 is 1.29 bits per heavy atom. The Labute approximate surface area is 134 Å². The van der Waals surface area contributed by atoms with Gasteiger partial charge in [-0.1, -0.05) is 46.3 Å². The maximum atomic E-state index is 9.26. The highest BCUT2D eigenvalue weighted by Gasteiger charge is 2.23. The first-order valence-corrected chi connectivity index (χ1v) is 8.21. The van der Waals surface area contributed by atoms with E-state index in [1.54, 1.807) is 0 Å². The molecule has 0 bridgehead atoms. The molecule has 110 valence electrons. The highest BCUT2D eigenvalue weighted by atomic mass is 79.9. The van der Waals surface area contributed by atoms with Gasteiger partial charge in [0.1, 0.15) is 0 Å². The molecule has 0 heterocycles. The number of nitrogens with one attached hydrogen (secondary N) is 1. The van der Waals surface area contributed by atoms with Crippen molar-refractivity contribution < 1.29 is 5.11 Å². The molecule has 2 nitrogen and oxygen atoms in total. The Hall–Kier alpha value is -1.16. The van der Waals surface area contributed by atoms with E-state index in [4.69, 9.17) is 0 Å². The largest absolute Gasteiger partial charge is 0.392 e. The van der Waals surface area contributed by atoms with Gasteiger partial charge >= 0.3 is 0 Å². The Kier molecular flexibility index (Phi) is 4.43. The van der Waals surface area contributed by atoms with Gasteiger partial charge in [0.05, 0.1) is 6.61 Å². The smallest absolute Gasteiger partial charge is 0.0681 e. The predicted molar refractivity (Wildman–Crippen MR) is 89.1 cm³/mol. The first-order valence-electron chi connectivity index (χ1n) is 7.41. The topological polar surface area (TPSA) is 32.3 Å². The molecule has 0 spiro atoms. The van der Waals surface area contributed by atoms with E-state index in [0.29, 0.717) is 6.04 Å². The van der Waals surface area contributed by atoms with Gasteiger partial charge in [0, 0.05) is 16.6 Å². The predicted octanol–water partition coefficient (Wildman–Crippen LogP) is 4.28. The summed E-state index contributed by atoms with van der Waals surface area (Å²) in [5, 5.41) is 13.0. The van der Waals surface area contributed by atoms with Gasteiger partial charge < -0.3 is 10.4 Å². The van der Waals surface area contributed by atoms with Crippen LogP contribution in [0.5, 0.6) is 0 Å². The number of aliphatic hydroxyl groups excluding tert-OH is 1. The van der Waals surface area contributed by atoms with Gasteiger partial charge in [-0.3, -0.25) is 0 Å². The summed E-state index contributed by atoms with van der Waals surface area (Å²) in [6, 6.07) is 15.4. The van der Waals surface area contributed by atoms with Crippen molar-refractivity contribution in [2.75, 3.05) is 0 Å². The summed E-state index contributed by atoms with van der Waals surface area (Å²) in [7, 11) is 0. The van der Waals surface area contributed by atoms with Crippen LogP contribution >= 0.6 is 15.9 Å². The van der Waals surface area contributed by atoms with Gasteiger partial charge in [-0.25, -0.2) is 0 Å². The fraction of sp³-hybridized carbons (Fsp3) is 0.333. The van der Waals surface area contributed by atoms with E-state index >= 15 is 0 Å². The van der Waals surface area contributed by atoms with E-state index in [-0.39, 0.29) is 12.6 Å². The molecule has 0 saturated carbocycles. The molecule has 0 fully saturated rings. The zero-order valence-corrected chi connectivity index (χ0v) is 13.7. The second-order valence-corrected chi connectivity index (χ2v) is 6.64. The van der Waals surface area contributed by atoms with Gasteiger partial charge in [0.25, 0.3) is 0 Å². The van der Waals surface area contributed by atoms with Gasteiger partial charge in [-0.2, -0.15) is 0 Å². The number of halogens is 1. The summed E-state index contributed by atoms with van der Waals surface area (Å²) >= 11 is 3.54. The van der Waals surface area contributed by atoms with Crippen LogP contribution in [0.2, 0.25) is 0 Å². The summed E-state index contributed by atoms with van der Waals surface area (Å²) in [6.45, 7) is 2.29. The van der Waals surface area contributed by atoms with Gasteiger partial charge in [-0.05, 0) is 54.2 Å². The van der Waals surface area contributed by atoms with Crippen LogP contribution < -0.4 is 5.32 Å². The normalized spacial score (nSPS) is 18.5. The fourth-order valence-corrected chi connectivity index (χ4v) is 3.53. The average Bonchev–Trinajstić information content (AvgIpc) is 2.89. The minimum absolute atomic E-state index is 0.0981. The monoisotopic (exact) mass is 345 g/mol. The van der Waals surface area contributed by atoms with Crippen molar-refractivity contribution in [1.82, 2.24) is 5.32 Å². The van der Waals surface area contributed by atoms with Crippen LogP contribution in [-0.4, -0.2) is 5.11 Å². The number of hydrogen-bond donors (Lipinski definition) is 2. The van der Waals surface area contributed by atoms with Crippen molar-refractivity contribution in [3.63, 3.8) is 0 Å². The lowest BCUT2D eigenvalue weighted by Crippen LogP contribution is -2.23. The molecule has 2 aromatic carbocycles. The van der Waals surface area contributed by atoms with E-state index in [2.05, 4.69) is 58.5 Å². The molecule has 0 aliphatic heterocycles. The fourth-order valence-electron chi connectivity index (χ4n) is 3.12. The minimum atomic E-state index is 0.0981. The highest BCUT2D eigenvalue weighted by molar-refractivity contribution is 9.10. The number of benzene rings is 2. The Morgan fingerprint density at radius 2 is 2.14 bits per heavy atom. The number of aryl methyl sites for hydroxylation is 1. The molecule has 3 heteroatoms. The maximum absolute atomic E-state index is 9.26. The van der Waals surface area contributed by atoms with Crippen LogP contribution in [0.25, 0.3) is 0 Å². The minimum Gasteiger partial charge on any atom is -0.392 e. The summed E-state index contributed by atoms with van der Waals surface area (Å²) in [4.78, 5) is 0. The number of fused-ring (bicyclic) bond motifs is 1. The van der Waals surface area contributed by atoms with Crippen LogP contribution in [0.3, 0.4) is 0 Å². The molecule has 1 aliphatic carbocycles. The van der Waals surface area contributed by atoms with Crippen molar-refractivity contribution in [2.45, 2.75) is 38.5 Å². The SMILES string of the molecule is CC(NC1CCc2cc(Br)ccc21)c1cccc(CO)c1. The second kappa shape index (κ2) is 6.30. The van der Waals surface area contributed by atoms with E-state index in [1.165, 1.54) is 16.7 Å². The second-order valence-electron chi connectivity index (χ2n) is 5.73. The lowest BCUT2D eigenvalue weighted by atomic mass is 10.0. The lowest BCUT2D eigenvalue weighted by Gasteiger charge is -2.21. The molecule has 2 unspecified atom stereocenters. The maximum Gasteiger partial charge on any atom is 0.0681 e. The average molecular weight is 346 g/mol. The van der Waals surface area contributed by atoms with Crippen LogP contribution in [-0.2, 0) is 13.0 Å². The molecule has 0 radical (unpaired) electrons. The van der Waals surface area contributed by atoms with E-state index < -0.39 is 0 Å². The molecule has 0 aromatic heterocycles. The quantitative estimate of drug-likeness (QED) is 0.866. The zero-order valence-electron chi connectivity index (χ0n) is 12.1. The van der Waals surface area contributed by atoms with E-state index in [0.717, 1.165) is 22.9 Å². The third-order valence-electron chi connectivity index (χ3n) is 4.27. The van der Waals surface area contributed by atoms with Gasteiger partial charge in [-0.15, -0.1) is 0 Å². The number of rotatable bonds is 4. The van der Waals surface area contributed by atoms with E-state index in [9.17, 15) is 5.11 Å². The molecule has 0 amide bonds.